The van der Waals surface area contributed by atoms with Gasteiger partial charge in [-0.3, -0.25) is 0 Å². The quantitative estimate of drug-likeness (QED) is 0.605. The van der Waals surface area contributed by atoms with Crippen molar-refractivity contribution >= 4 is 28.2 Å². The van der Waals surface area contributed by atoms with Crippen molar-refractivity contribution in [2.24, 2.45) is 10.7 Å². The highest BCUT2D eigenvalue weighted by atomic mass is 32.1. The Morgan fingerprint density at radius 3 is 2.77 bits per heavy atom. The summed E-state index contributed by atoms with van der Waals surface area (Å²) in [5.74, 6) is 0. The molecule has 2 heterocycles. The van der Waals surface area contributed by atoms with Gasteiger partial charge in [-0.25, -0.2) is 4.99 Å². The van der Waals surface area contributed by atoms with Crippen molar-refractivity contribution in [2.75, 3.05) is 20.1 Å². The fourth-order valence-corrected chi connectivity index (χ4v) is 3.31. The first-order valence-electron chi connectivity index (χ1n) is 7.73. The largest absolute Gasteiger partial charge is 0.403 e. The molecular weight excluding hydrogens is 294 g/mol. The number of aliphatic imine (C=N–C) groups is 1. The highest BCUT2D eigenvalue weighted by Crippen LogP contribution is 2.37. The minimum Gasteiger partial charge on any atom is -0.403 e. The van der Waals surface area contributed by atoms with E-state index < -0.39 is 0 Å². The number of nitrogens with one attached hydrogen (secondary N) is 3. The van der Waals surface area contributed by atoms with E-state index in [1.54, 1.807) is 23.1 Å². The van der Waals surface area contributed by atoms with Gasteiger partial charge in [0.1, 0.15) is 5.00 Å². The van der Waals surface area contributed by atoms with Crippen molar-refractivity contribution in [3.63, 3.8) is 0 Å². The Bertz CT molecular complexity index is 604. The molecular formula is C16H23N5S. The van der Waals surface area contributed by atoms with Crippen LogP contribution in [0.2, 0.25) is 0 Å². The van der Waals surface area contributed by atoms with Crippen LogP contribution in [0, 0.1) is 0 Å². The normalized spacial score (nSPS) is 19.0. The summed E-state index contributed by atoms with van der Waals surface area (Å²) >= 11 is 1.72. The second-order valence-corrected chi connectivity index (χ2v) is 6.66. The lowest BCUT2D eigenvalue weighted by molar-refractivity contribution is 0.405. The molecule has 0 unspecified atom stereocenters. The Labute approximate surface area is 135 Å². The van der Waals surface area contributed by atoms with Gasteiger partial charge < -0.3 is 21.7 Å². The monoisotopic (exact) mass is 317 g/mol. The molecule has 2 fully saturated rings. The maximum atomic E-state index is 5.51. The van der Waals surface area contributed by atoms with Gasteiger partial charge in [0.2, 0.25) is 0 Å². The Morgan fingerprint density at radius 1 is 1.41 bits per heavy atom. The highest BCUT2D eigenvalue weighted by Gasteiger charge is 2.23. The summed E-state index contributed by atoms with van der Waals surface area (Å²) in [4.78, 5) is 5.78. The molecule has 5 N–H and O–H groups in total. The van der Waals surface area contributed by atoms with E-state index in [0.29, 0.717) is 6.04 Å². The molecule has 1 aromatic rings. The maximum absolute atomic E-state index is 5.51. The molecule has 0 amide bonds. The predicted molar refractivity (Wildman–Crippen MR) is 94.4 cm³/mol. The van der Waals surface area contributed by atoms with Crippen LogP contribution in [0.15, 0.2) is 34.6 Å². The molecule has 3 rings (SSSR count). The van der Waals surface area contributed by atoms with Gasteiger partial charge in [0.05, 0.1) is 28.5 Å². The van der Waals surface area contributed by atoms with E-state index in [9.17, 15) is 0 Å². The van der Waals surface area contributed by atoms with Crippen LogP contribution < -0.4 is 21.7 Å². The second-order valence-electron chi connectivity index (χ2n) is 5.60. The third-order valence-corrected chi connectivity index (χ3v) is 5.09. The topological polar surface area (TPSA) is 74.5 Å². The maximum Gasteiger partial charge on any atom is 0.116 e. The van der Waals surface area contributed by atoms with Crippen molar-refractivity contribution in [2.45, 2.75) is 25.3 Å². The van der Waals surface area contributed by atoms with E-state index in [0.717, 1.165) is 23.8 Å². The number of rotatable bonds is 6. The average Bonchev–Trinajstić information content (AvgIpc) is 2.89. The number of allylic oxidation sites excluding steroid dienone is 2. The molecule has 1 aliphatic carbocycles. The van der Waals surface area contributed by atoms with Gasteiger partial charge in [-0.05, 0) is 37.0 Å². The second kappa shape index (κ2) is 6.98. The first-order chi connectivity index (χ1) is 10.8. The van der Waals surface area contributed by atoms with E-state index in [4.69, 9.17) is 5.73 Å². The molecule has 0 radical (unpaired) electrons. The first kappa shape index (κ1) is 15.1. The zero-order valence-corrected chi connectivity index (χ0v) is 13.7. The summed E-state index contributed by atoms with van der Waals surface area (Å²) in [7, 11) is 1.83. The molecule has 5 nitrogen and oxygen atoms in total. The van der Waals surface area contributed by atoms with Crippen LogP contribution in [0.1, 0.15) is 24.1 Å². The van der Waals surface area contributed by atoms with Gasteiger partial charge in [0, 0.05) is 26.3 Å². The zero-order chi connectivity index (χ0) is 15.4. The van der Waals surface area contributed by atoms with Crippen molar-refractivity contribution < 1.29 is 0 Å². The van der Waals surface area contributed by atoms with E-state index in [2.05, 4.69) is 33.1 Å². The molecule has 118 valence electrons. The van der Waals surface area contributed by atoms with Crippen LogP contribution in [-0.4, -0.2) is 32.4 Å². The van der Waals surface area contributed by atoms with Gasteiger partial charge in [0.25, 0.3) is 0 Å². The number of hydrogen-bond acceptors (Lipinski definition) is 6. The minimum absolute atomic E-state index is 0.563. The Hall–Kier alpha value is -1.79. The third kappa shape index (κ3) is 3.34. The van der Waals surface area contributed by atoms with E-state index >= 15 is 0 Å². The summed E-state index contributed by atoms with van der Waals surface area (Å²) in [6.45, 7) is 2.11. The lowest BCUT2D eigenvalue weighted by Crippen LogP contribution is -2.54. The summed E-state index contributed by atoms with van der Waals surface area (Å²) in [5.41, 5.74) is 9.22. The van der Waals surface area contributed by atoms with Crippen LogP contribution in [0.3, 0.4) is 0 Å². The zero-order valence-electron chi connectivity index (χ0n) is 12.9. The molecule has 0 spiro atoms. The molecule has 0 bridgehead atoms. The lowest BCUT2D eigenvalue weighted by atomic mass is 9.89. The Morgan fingerprint density at radius 2 is 2.23 bits per heavy atom. The minimum atomic E-state index is 0.563. The summed E-state index contributed by atoms with van der Waals surface area (Å²) in [5, 5.41) is 11.0. The van der Waals surface area contributed by atoms with Crippen molar-refractivity contribution in [1.29, 1.82) is 0 Å². The molecule has 1 saturated heterocycles. The SMILES string of the molecule is CNC(/C=N/c1ccc(C(NC2CNC2)=C2CCC2)s1)=C/N. The fraction of sp³-hybridized carbons (Fsp3) is 0.438. The number of nitrogens with two attached hydrogens (primary N) is 1. The van der Waals surface area contributed by atoms with E-state index in [-0.39, 0.29) is 0 Å². The molecule has 0 atom stereocenters. The molecule has 1 aliphatic heterocycles. The lowest BCUT2D eigenvalue weighted by Gasteiger charge is -2.32. The molecule has 0 aromatic carbocycles. The van der Waals surface area contributed by atoms with Gasteiger partial charge >= 0.3 is 0 Å². The standard InChI is InChI=1S/C16H23N5S/c1-18-12(7-17)10-20-15-6-5-14(22-15)16(11-3-2-4-11)21-13-8-19-9-13/h5-7,10,13,18-19,21H,2-4,8-9,17H2,1H3/b12-7+,20-10+. The molecule has 1 saturated carbocycles. The van der Waals surface area contributed by atoms with Crippen LogP contribution >= 0.6 is 11.3 Å². The molecule has 2 aliphatic rings. The van der Waals surface area contributed by atoms with Gasteiger partial charge in [-0.2, -0.15) is 0 Å². The van der Waals surface area contributed by atoms with Crippen LogP contribution in [0.25, 0.3) is 5.70 Å². The highest BCUT2D eigenvalue weighted by molar-refractivity contribution is 7.16. The predicted octanol–water partition coefficient (Wildman–Crippen LogP) is 1.93. The molecule has 6 heteroatoms. The fourth-order valence-electron chi connectivity index (χ4n) is 2.40. The number of thiophene rings is 1. The molecule has 1 aromatic heterocycles. The van der Waals surface area contributed by atoms with E-state index in [1.807, 2.05) is 7.05 Å². The van der Waals surface area contributed by atoms with Crippen LogP contribution in [0.4, 0.5) is 5.00 Å². The summed E-state index contributed by atoms with van der Waals surface area (Å²) in [6.07, 6.45) is 7.03. The van der Waals surface area contributed by atoms with Gasteiger partial charge in [-0.15, -0.1) is 11.3 Å². The van der Waals surface area contributed by atoms with Crippen LogP contribution in [-0.2, 0) is 0 Å². The molecule has 22 heavy (non-hydrogen) atoms. The Kier molecular flexibility index (Phi) is 4.80. The van der Waals surface area contributed by atoms with E-state index in [1.165, 1.54) is 36.0 Å². The van der Waals surface area contributed by atoms with Crippen LogP contribution in [0.5, 0.6) is 0 Å². The van der Waals surface area contributed by atoms with Gasteiger partial charge in [0.15, 0.2) is 0 Å². The number of nitrogens with zero attached hydrogens (tertiary/aromatic N) is 1. The number of hydrogen-bond donors (Lipinski definition) is 4. The average molecular weight is 317 g/mol. The van der Waals surface area contributed by atoms with Crippen molar-refractivity contribution in [3.8, 4) is 0 Å². The third-order valence-electron chi connectivity index (χ3n) is 4.08. The van der Waals surface area contributed by atoms with Crippen molar-refractivity contribution in [3.05, 3.63) is 34.5 Å². The summed E-state index contributed by atoms with van der Waals surface area (Å²) in [6, 6.07) is 4.80. The van der Waals surface area contributed by atoms with Gasteiger partial charge in [-0.1, -0.05) is 0 Å². The summed E-state index contributed by atoms with van der Waals surface area (Å²) < 4.78 is 0. The van der Waals surface area contributed by atoms with Crippen molar-refractivity contribution in [1.82, 2.24) is 16.0 Å². The smallest absolute Gasteiger partial charge is 0.116 e. The first-order valence-corrected chi connectivity index (χ1v) is 8.55. The Balaban J connectivity index is 1.75.